The van der Waals surface area contributed by atoms with Crippen molar-refractivity contribution in [3.8, 4) is 0 Å². The summed E-state index contributed by atoms with van der Waals surface area (Å²) >= 11 is 0. The summed E-state index contributed by atoms with van der Waals surface area (Å²) in [4.78, 5) is 75.2. The lowest BCUT2D eigenvalue weighted by molar-refractivity contribution is -0.142. The Morgan fingerprint density at radius 3 is 1.15 bits per heavy atom. The predicted molar refractivity (Wildman–Crippen MR) is 365 cm³/mol. The Balaban J connectivity index is 4.22. The van der Waals surface area contributed by atoms with E-state index >= 15 is 0 Å². The highest BCUT2D eigenvalue weighted by Crippen LogP contribution is 2.14. The van der Waals surface area contributed by atoms with Gasteiger partial charge in [0.15, 0.2) is 0 Å². The number of Topliss-reactive ketones (excluding diaryl/α,β-unsaturated/α-hetero) is 1. The SMILES string of the molecule is CCCCCCCCCCCCCCCC(=O)N[C@@H](CCC(=O)NCCCC[C@H](NC(=O)CC/C(=C/NCCCCCCC)N=N)C(=O)NCCOCCOCCOCCOCCOCCOCCOCCOCCOCCOCCOCCOCCC(=O)CCC)C(=O)O. The van der Waals surface area contributed by atoms with Crippen molar-refractivity contribution in [1.82, 2.24) is 26.6 Å². The second kappa shape index (κ2) is 73.9. The van der Waals surface area contributed by atoms with E-state index in [2.05, 4.69) is 45.5 Å². The fourth-order valence-corrected chi connectivity index (χ4v) is 9.33. The van der Waals surface area contributed by atoms with Crippen molar-refractivity contribution in [3.63, 3.8) is 0 Å². The van der Waals surface area contributed by atoms with Crippen LogP contribution in [-0.4, -0.2) is 231 Å². The first-order chi connectivity index (χ1) is 46.6. The van der Waals surface area contributed by atoms with E-state index in [-0.39, 0.29) is 87.6 Å². The molecule has 0 aromatic rings. The van der Waals surface area contributed by atoms with E-state index < -0.39 is 18.1 Å². The lowest BCUT2D eigenvalue weighted by atomic mass is 10.0. The first kappa shape index (κ1) is 90.7. The van der Waals surface area contributed by atoms with Crippen molar-refractivity contribution in [2.45, 2.75) is 219 Å². The lowest BCUT2D eigenvalue weighted by Crippen LogP contribution is -2.47. The van der Waals surface area contributed by atoms with Crippen LogP contribution in [0.15, 0.2) is 17.0 Å². The molecule has 0 aliphatic rings. The molecular weight excluding hydrogens is 1230 g/mol. The third kappa shape index (κ3) is 68.0. The number of rotatable bonds is 78. The second-order valence-corrected chi connectivity index (χ2v) is 23.2. The van der Waals surface area contributed by atoms with Crippen LogP contribution in [0.4, 0.5) is 0 Å². The van der Waals surface area contributed by atoms with Gasteiger partial charge in [0.1, 0.15) is 17.9 Å². The van der Waals surface area contributed by atoms with E-state index in [1.54, 1.807) is 6.20 Å². The molecule has 0 aliphatic heterocycles. The van der Waals surface area contributed by atoms with Crippen LogP contribution in [0, 0.1) is 5.53 Å². The zero-order valence-corrected chi connectivity index (χ0v) is 59.1. The summed E-state index contributed by atoms with van der Waals surface area (Å²) in [5, 5.41) is 27.6. The molecule has 0 spiro atoms. The van der Waals surface area contributed by atoms with E-state index in [1.165, 1.54) is 77.0 Å². The van der Waals surface area contributed by atoms with Gasteiger partial charge in [-0.1, -0.05) is 124 Å². The molecule has 4 amide bonds. The van der Waals surface area contributed by atoms with E-state index in [0.717, 1.165) is 45.1 Å². The van der Waals surface area contributed by atoms with Crippen LogP contribution >= 0.6 is 0 Å². The number of hydrogen-bond acceptors (Lipinski definition) is 21. The van der Waals surface area contributed by atoms with E-state index in [1.807, 2.05) is 6.92 Å². The summed E-state index contributed by atoms with van der Waals surface area (Å²) in [6.45, 7) is 17.8. The number of nitrogens with zero attached hydrogens (tertiary/aromatic N) is 1. The van der Waals surface area contributed by atoms with Crippen LogP contribution in [0.2, 0.25) is 0 Å². The molecule has 7 N–H and O–H groups in total. The number of carboxylic acids is 1. The number of aliphatic carboxylic acids is 1. The summed E-state index contributed by atoms with van der Waals surface area (Å²) in [5.41, 5.74) is 8.01. The summed E-state index contributed by atoms with van der Waals surface area (Å²) in [6.07, 6.45) is 26.3. The maximum atomic E-state index is 13.4. The van der Waals surface area contributed by atoms with Gasteiger partial charge in [0.2, 0.25) is 23.6 Å². The number of carboxylic acid groups (broad SMARTS) is 1. The number of ketones is 1. The fourth-order valence-electron chi connectivity index (χ4n) is 9.33. The highest BCUT2D eigenvalue weighted by molar-refractivity contribution is 5.87. The minimum Gasteiger partial charge on any atom is -0.480 e. The Morgan fingerprint density at radius 2 is 0.726 bits per heavy atom. The molecule has 0 saturated carbocycles. The van der Waals surface area contributed by atoms with Crippen molar-refractivity contribution in [2.24, 2.45) is 5.11 Å². The molecule has 0 radical (unpaired) electrons. The molecule has 26 heteroatoms. The zero-order valence-electron chi connectivity index (χ0n) is 59.1. The van der Waals surface area contributed by atoms with Gasteiger partial charge in [-0.25, -0.2) is 10.3 Å². The third-order valence-electron chi connectivity index (χ3n) is 14.8. The topological polar surface area (TPSA) is 330 Å². The van der Waals surface area contributed by atoms with Crippen LogP contribution in [0.25, 0.3) is 0 Å². The fraction of sp³-hybridized carbons (Fsp3) is 0.884. The van der Waals surface area contributed by atoms with Gasteiger partial charge in [0.05, 0.1) is 164 Å². The largest absolute Gasteiger partial charge is 0.480 e. The van der Waals surface area contributed by atoms with Crippen LogP contribution in [0.5, 0.6) is 0 Å². The molecule has 26 nitrogen and oxygen atoms in total. The molecule has 0 aromatic carbocycles. The summed E-state index contributed by atoms with van der Waals surface area (Å²) in [5.74, 6) is -2.37. The third-order valence-corrected chi connectivity index (χ3v) is 14.8. The van der Waals surface area contributed by atoms with Crippen molar-refractivity contribution in [2.75, 3.05) is 178 Å². The molecule has 95 heavy (non-hydrogen) atoms. The number of hydrogen-bond donors (Lipinski definition) is 7. The number of allylic oxidation sites excluding steroid dienone is 1. The average Bonchev–Trinajstić information content (AvgIpc) is 3.50. The van der Waals surface area contributed by atoms with Gasteiger partial charge in [0, 0.05) is 64.4 Å². The Hall–Kier alpha value is -4.32. The van der Waals surface area contributed by atoms with Crippen LogP contribution in [0.1, 0.15) is 207 Å². The lowest BCUT2D eigenvalue weighted by Gasteiger charge is -2.19. The molecule has 0 aromatic heterocycles. The Labute approximate surface area is 570 Å². The smallest absolute Gasteiger partial charge is 0.326 e. The Kier molecular flexibility index (Phi) is 70.6. The van der Waals surface area contributed by atoms with E-state index in [0.29, 0.717) is 190 Å². The first-order valence-electron chi connectivity index (χ1n) is 36.2. The van der Waals surface area contributed by atoms with Gasteiger partial charge >= 0.3 is 5.97 Å². The van der Waals surface area contributed by atoms with Crippen molar-refractivity contribution < 1.29 is 90.7 Å². The van der Waals surface area contributed by atoms with Gasteiger partial charge in [-0.15, -0.1) is 0 Å². The van der Waals surface area contributed by atoms with Crippen molar-refractivity contribution in [1.29, 1.82) is 5.53 Å². The van der Waals surface area contributed by atoms with Crippen molar-refractivity contribution >= 4 is 35.4 Å². The number of carbonyl (C=O) groups is 6. The molecule has 0 aliphatic carbocycles. The number of unbranched alkanes of at least 4 members (excludes halogenated alkanes) is 17. The molecule has 0 unspecified atom stereocenters. The van der Waals surface area contributed by atoms with Gasteiger partial charge in [-0.2, -0.15) is 5.11 Å². The van der Waals surface area contributed by atoms with E-state index in [4.69, 9.17) is 62.4 Å². The molecule has 0 heterocycles. The van der Waals surface area contributed by atoms with Crippen molar-refractivity contribution in [3.05, 3.63) is 11.9 Å². The molecule has 2 atom stereocenters. The summed E-state index contributed by atoms with van der Waals surface area (Å²) in [6, 6.07) is -2.03. The quantitative estimate of drug-likeness (QED) is 0.0221. The van der Waals surface area contributed by atoms with Crippen LogP contribution in [0.3, 0.4) is 0 Å². The van der Waals surface area contributed by atoms with Crippen LogP contribution < -0.4 is 26.6 Å². The predicted octanol–water partition coefficient (Wildman–Crippen LogP) is 8.88. The molecular formula is C69H131N7O19. The highest BCUT2D eigenvalue weighted by Gasteiger charge is 2.22. The molecule has 0 saturated heterocycles. The van der Waals surface area contributed by atoms with E-state index in [9.17, 15) is 33.9 Å². The van der Waals surface area contributed by atoms with Gasteiger partial charge < -0.3 is 88.5 Å². The Morgan fingerprint density at radius 1 is 0.347 bits per heavy atom. The van der Waals surface area contributed by atoms with Crippen LogP contribution in [-0.2, 0) is 85.6 Å². The minimum atomic E-state index is -1.19. The number of carbonyl (C=O) groups excluding carboxylic acids is 5. The number of amides is 4. The maximum Gasteiger partial charge on any atom is 0.326 e. The highest BCUT2D eigenvalue weighted by atomic mass is 16.6. The van der Waals surface area contributed by atoms with Gasteiger partial charge in [-0.3, -0.25) is 24.0 Å². The van der Waals surface area contributed by atoms with Gasteiger partial charge in [-0.05, 0) is 44.9 Å². The number of ether oxygens (including phenoxy) is 12. The summed E-state index contributed by atoms with van der Waals surface area (Å²) in [7, 11) is 0. The maximum absolute atomic E-state index is 13.4. The normalized spacial score (nSPS) is 12.2. The summed E-state index contributed by atoms with van der Waals surface area (Å²) < 4.78 is 66.3. The molecule has 0 bridgehead atoms. The monoisotopic (exact) mass is 1360 g/mol. The molecule has 0 rings (SSSR count). The molecule has 0 fully saturated rings. The molecule has 556 valence electrons. The zero-order chi connectivity index (χ0) is 69.2. The standard InChI is InChI=1S/C69H131N7O19/c1-4-7-9-11-12-13-14-15-16-17-18-19-21-27-66(79)75-64(69(82)83)29-31-65(78)72-34-24-22-26-63(74-67(80)30-28-61(76-70)60-71-33-23-20-10-8-5-2)68(81)73-35-37-85-39-41-87-43-45-89-47-49-91-51-53-93-55-57-95-59-58-94-56-54-92-52-50-90-48-46-88-44-42-86-40-38-84-36-32-62(77)25-6-3/h60,63-64,70-71H,4-59H2,1-3H3,(H,72,78)(H,73,81)(H,74,80)(H,75,79)(H,82,83)/b61-60-,76-70?/t63-,64-/m0/s1. The van der Waals surface area contributed by atoms with Gasteiger partial charge in [0.25, 0.3) is 0 Å². The number of nitrogens with one attached hydrogen (secondary N) is 6. The first-order valence-corrected chi connectivity index (χ1v) is 36.2. The Bertz CT molecular complexity index is 1830. The second-order valence-electron chi connectivity index (χ2n) is 23.2. The average molecular weight is 1360 g/mol. The minimum absolute atomic E-state index is 0.0253.